The minimum Gasteiger partial charge on any atom is -0.465 e. The summed E-state index contributed by atoms with van der Waals surface area (Å²) < 4.78 is 6.36. The Kier molecular flexibility index (Phi) is 3.53. The van der Waals surface area contributed by atoms with Crippen LogP contribution in [0.2, 0.25) is 10.0 Å². The Balaban J connectivity index is 2.22. The molecule has 0 aliphatic carbocycles. The number of fused-ring (bicyclic) bond motifs is 1. The number of hydrogen-bond acceptors (Lipinski definition) is 4. The molecule has 2 aromatic heterocycles. The highest BCUT2D eigenvalue weighted by Crippen LogP contribution is 2.25. The molecule has 0 fully saturated rings. The Labute approximate surface area is 130 Å². The molecule has 0 spiro atoms. The van der Waals surface area contributed by atoms with Gasteiger partial charge in [-0.3, -0.25) is 4.40 Å². The molecule has 0 N–H and O–H groups in total. The average molecular weight is 322 g/mol. The number of nitrogens with zero attached hydrogens (tertiary/aromatic N) is 3. The summed E-state index contributed by atoms with van der Waals surface area (Å²) in [6, 6.07) is 8.64. The minimum absolute atomic E-state index is 0.324. The average Bonchev–Trinajstić information content (AvgIpc) is 2.91. The van der Waals surface area contributed by atoms with Crippen molar-refractivity contribution in [2.24, 2.45) is 0 Å². The Morgan fingerprint density at radius 1 is 1.19 bits per heavy atom. The summed E-state index contributed by atoms with van der Waals surface area (Å²) in [7, 11) is 1.31. The minimum atomic E-state index is -0.477. The van der Waals surface area contributed by atoms with Gasteiger partial charge in [-0.05, 0) is 30.3 Å². The van der Waals surface area contributed by atoms with Crippen LogP contribution in [0.15, 0.2) is 36.5 Å². The molecule has 0 atom stereocenters. The zero-order valence-electron chi connectivity index (χ0n) is 10.9. The second kappa shape index (κ2) is 5.35. The fourth-order valence-corrected chi connectivity index (χ4v) is 2.35. The first-order valence-corrected chi connectivity index (χ1v) is 6.74. The monoisotopic (exact) mass is 321 g/mol. The lowest BCUT2D eigenvalue weighted by Gasteiger charge is -2.04. The molecule has 0 saturated heterocycles. The van der Waals surface area contributed by atoms with Crippen LogP contribution in [0.3, 0.4) is 0 Å². The molecular weight excluding hydrogens is 313 g/mol. The van der Waals surface area contributed by atoms with Gasteiger partial charge in [-0.25, -0.2) is 4.79 Å². The van der Waals surface area contributed by atoms with Crippen LogP contribution in [0.4, 0.5) is 0 Å². The molecule has 21 heavy (non-hydrogen) atoms. The lowest BCUT2D eigenvalue weighted by molar-refractivity contribution is 0.0600. The maximum atomic E-state index is 11.7. The van der Waals surface area contributed by atoms with Gasteiger partial charge in [-0.15, -0.1) is 10.2 Å². The largest absolute Gasteiger partial charge is 0.465 e. The number of hydrogen-bond donors (Lipinski definition) is 0. The van der Waals surface area contributed by atoms with Gasteiger partial charge in [0.2, 0.25) is 0 Å². The van der Waals surface area contributed by atoms with Crippen LogP contribution in [0.5, 0.6) is 0 Å². The summed E-state index contributed by atoms with van der Waals surface area (Å²) >= 11 is 12.0. The van der Waals surface area contributed by atoms with Gasteiger partial charge >= 0.3 is 5.97 Å². The van der Waals surface area contributed by atoms with Crippen molar-refractivity contribution in [2.75, 3.05) is 7.11 Å². The number of aromatic nitrogens is 3. The van der Waals surface area contributed by atoms with Crippen molar-refractivity contribution in [1.82, 2.24) is 14.6 Å². The molecule has 1 aromatic carbocycles. The van der Waals surface area contributed by atoms with E-state index in [1.807, 2.05) is 12.1 Å². The standard InChI is InChI=1S/C14H9Cl2N3O2/c1-21-14(20)9-6-11(16)13-18-17-12(19(13)7-9)8-2-4-10(15)5-3-8/h2-7H,1H3. The number of ether oxygens (including phenoxy) is 1. The van der Waals surface area contributed by atoms with Gasteiger partial charge in [0.25, 0.3) is 0 Å². The molecule has 0 radical (unpaired) electrons. The van der Waals surface area contributed by atoms with E-state index < -0.39 is 5.97 Å². The van der Waals surface area contributed by atoms with Crippen LogP contribution in [-0.2, 0) is 4.74 Å². The van der Waals surface area contributed by atoms with Gasteiger partial charge in [-0.2, -0.15) is 0 Å². The van der Waals surface area contributed by atoms with E-state index in [9.17, 15) is 4.79 Å². The van der Waals surface area contributed by atoms with Crippen LogP contribution in [0, 0.1) is 0 Å². The summed E-state index contributed by atoms with van der Waals surface area (Å²) in [6.45, 7) is 0. The predicted molar refractivity (Wildman–Crippen MR) is 79.8 cm³/mol. The van der Waals surface area contributed by atoms with E-state index in [0.29, 0.717) is 27.1 Å². The second-order valence-electron chi connectivity index (χ2n) is 4.29. The van der Waals surface area contributed by atoms with E-state index >= 15 is 0 Å². The molecule has 3 aromatic rings. The van der Waals surface area contributed by atoms with Crippen LogP contribution in [-0.4, -0.2) is 27.7 Å². The lowest BCUT2D eigenvalue weighted by atomic mass is 10.2. The van der Waals surface area contributed by atoms with Crippen molar-refractivity contribution in [3.05, 3.63) is 52.1 Å². The second-order valence-corrected chi connectivity index (χ2v) is 5.14. The Hall–Kier alpha value is -2.11. The fourth-order valence-electron chi connectivity index (χ4n) is 1.98. The van der Waals surface area contributed by atoms with Crippen LogP contribution in [0.1, 0.15) is 10.4 Å². The van der Waals surface area contributed by atoms with Crippen molar-refractivity contribution in [1.29, 1.82) is 0 Å². The Morgan fingerprint density at radius 2 is 1.90 bits per heavy atom. The molecular formula is C14H9Cl2N3O2. The van der Waals surface area contributed by atoms with Crippen molar-refractivity contribution in [3.8, 4) is 11.4 Å². The van der Waals surface area contributed by atoms with E-state index in [4.69, 9.17) is 27.9 Å². The third-order valence-electron chi connectivity index (χ3n) is 2.98. The number of esters is 1. The summed E-state index contributed by atoms with van der Waals surface area (Å²) in [5.41, 5.74) is 1.60. The first-order chi connectivity index (χ1) is 10.1. The first kappa shape index (κ1) is 13.9. The molecule has 106 valence electrons. The van der Waals surface area contributed by atoms with Crippen molar-refractivity contribution in [3.63, 3.8) is 0 Å². The van der Waals surface area contributed by atoms with E-state index in [2.05, 4.69) is 10.2 Å². The Morgan fingerprint density at radius 3 is 2.57 bits per heavy atom. The van der Waals surface area contributed by atoms with Crippen LogP contribution < -0.4 is 0 Å². The van der Waals surface area contributed by atoms with E-state index in [-0.39, 0.29) is 0 Å². The predicted octanol–water partition coefficient (Wildman–Crippen LogP) is 3.49. The highest BCUT2D eigenvalue weighted by atomic mass is 35.5. The highest BCUT2D eigenvalue weighted by molar-refractivity contribution is 6.33. The molecule has 0 bridgehead atoms. The number of benzene rings is 1. The third-order valence-corrected chi connectivity index (χ3v) is 3.51. The fraction of sp³-hybridized carbons (Fsp3) is 0.0714. The van der Waals surface area contributed by atoms with Crippen LogP contribution in [0.25, 0.3) is 17.0 Å². The van der Waals surface area contributed by atoms with Gasteiger partial charge < -0.3 is 4.74 Å². The number of carbonyl (C=O) groups excluding carboxylic acids is 1. The molecule has 2 heterocycles. The molecule has 3 rings (SSSR count). The van der Waals surface area contributed by atoms with Crippen molar-refractivity contribution < 1.29 is 9.53 Å². The normalized spacial score (nSPS) is 10.8. The van der Waals surface area contributed by atoms with E-state index in [1.165, 1.54) is 13.2 Å². The number of pyridine rings is 1. The SMILES string of the molecule is COC(=O)c1cc(Cl)c2nnc(-c3ccc(Cl)cc3)n2c1. The molecule has 0 amide bonds. The summed E-state index contributed by atoms with van der Waals surface area (Å²) in [5, 5.41) is 9.11. The quantitative estimate of drug-likeness (QED) is 0.678. The molecule has 7 heteroatoms. The van der Waals surface area contributed by atoms with Gasteiger partial charge in [-0.1, -0.05) is 23.2 Å². The van der Waals surface area contributed by atoms with Crippen LogP contribution >= 0.6 is 23.2 Å². The summed E-state index contributed by atoms with van der Waals surface area (Å²) in [5.74, 6) is 0.0869. The van der Waals surface area contributed by atoms with Gasteiger partial charge in [0, 0.05) is 16.8 Å². The van der Waals surface area contributed by atoms with Gasteiger partial charge in [0.1, 0.15) is 0 Å². The molecule has 0 saturated carbocycles. The molecule has 0 aliphatic rings. The van der Waals surface area contributed by atoms with Crippen molar-refractivity contribution in [2.45, 2.75) is 0 Å². The Bertz CT molecular complexity index is 828. The van der Waals surface area contributed by atoms with E-state index in [1.54, 1.807) is 22.7 Å². The summed E-state index contributed by atoms with van der Waals surface area (Å²) in [4.78, 5) is 11.7. The zero-order valence-corrected chi connectivity index (χ0v) is 12.4. The molecule has 0 aliphatic heterocycles. The topological polar surface area (TPSA) is 56.5 Å². The van der Waals surface area contributed by atoms with Gasteiger partial charge in [0.05, 0.1) is 17.7 Å². The maximum Gasteiger partial charge on any atom is 0.339 e. The van der Waals surface area contributed by atoms with Gasteiger partial charge in [0.15, 0.2) is 11.5 Å². The zero-order chi connectivity index (χ0) is 15.0. The number of halogens is 2. The number of carbonyl (C=O) groups is 1. The van der Waals surface area contributed by atoms with Crippen molar-refractivity contribution >= 4 is 34.8 Å². The van der Waals surface area contributed by atoms with E-state index in [0.717, 1.165) is 5.56 Å². The number of rotatable bonds is 2. The lowest BCUT2D eigenvalue weighted by Crippen LogP contribution is -2.03. The summed E-state index contributed by atoms with van der Waals surface area (Å²) in [6.07, 6.45) is 1.59. The number of methoxy groups -OCH3 is 1. The highest BCUT2D eigenvalue weighted by Gasteiger charge is 2.15. The maximum absolute atomic E-state index is 11.7. The first-order valence-electron chi connectivity index (χ1n) is 5.98. The smallest absolute Gasteiger partial charge is 0.339 e. The molecule has 0 unspecified atom stereocenters. The third kappa shape index (κ3) is 2.46. The molecule has 5 nitrogen and oxygen atoms in total.